The third-order valence-electron chi connectivity index (χ3n) is 4.44. The maximum Gasteiger partial charge on any atom is 0.416 e. The predicted octanol–water partition coefficient (Wildman–Crippen LogP) is 5.94. The molecule has 4 nitrogen and oxygen atoms in total. The van der Waals surface area contributed by atoms with Crippen molar-refractivity contribution >= 4 is 5.71 Å². The summed E-state index contributed by atoms with van der Waals surface area (Å²) in [5.74, 6) is 0. The number of aliphatic imine (C=N–C) groups is 1. The minimum atomic E-state index is -4.43. The van der Waals surface area contributed by atoms with Gasteiger partial charge in [-0.25, -0.2) is 0 Å². The van der Waals surface area contributed by atoms with Crippen LogP contribution in [0.3, 0.4) is 0 Å². The Morgan fingerprint density at radius 1 is 0.967 bits per heavy atom. The van der Waals surface area contributed by atoms with Crippen LogP contribution in [-0.2, 0) is 15.7 Å². The largest absolute Gasteiger partial charge is 0.416 e. The molecule has 160 valence electrons. The van der Waals surface area contributed by atoms with E-state index >= 15 is 0 Å². The molecule has 7 heteroatoms. The SMILES string of the molecule is CCOC(CC[C@@H](N=C(C#N)c1ccc(C(F)(F)F)cc1)c1ccccc1)OCC. The molecule has 1 atom stereocenters. The normalized spacial score (nSPS) is 13.3. The molecule has 0 aliphatic rings. The number of nitrogens with zero attached hydrogens (tertiary/aromatic N) is 2. The Kier molecular flexibility index (Phi) is 9.03. The van der Waals surface area contributed by atoms with Gasteiger partial charge < -0.3 is 9.47 Å². The summed E-state index contributed by atoms with van der Waals surface area (Å²) in [4.78, 5) is 4.58. The van der Waals surface area contributed by atoms with E-state index in [1.807, 2.05) is 50.2 Å². The van der Waals surface area contributed by atoms with Crippen molar-refractivity contribution in [1.29, 1.82) is 5.26 Å². The van der Waals surface area contributed by atoms with Crippen LogP contribution in [0, 0.1) is 11.3 Å². The fraction of sp³-hybridized carbons (Fsp3) is 0.391. The van der Waals surface area contributed by atoms with Crippen molar-refractivity contribution < 1.29 is 22.6 Å². The van der Waals surface area contributed by atoms with Gasteiger partial charge in [0.05, 0.1) is 11.6 Å². The Balaban J connectivity index is 2.30. The fourth-order valence-corrected chi connectivity index (χ4v) is 3.00. The first-order valence-corrected chi connectivity index (χ1v) is 9.82. The van der Waals surface area contributed by atoms with Gasteiger partial charge in [0, 0.05) is 25.2 Å². The summed E-state index contributed by atoms with van der Waals surface area (Å²) in [7, 11) is 0. The van der Waals surface area contributed by atoms with E-state index in [0.29, 0.717) is 31.6 Å². The monoisotopic (exact) mass is 418 g/mol. The van der Waals surface area contributed by atoms with Crippen molar-refractivity contribution in [3.05, 3.63) is 71.3 Å². The predicted molar refractivity (Wildman–Crippen MR) is 109 cm³/mol. The molecule has 2 rings (SSSR count). The van der Waals surface area contributed by atoms with Gasteiger partial charge in [-0.05, 0) is 38.0 Å². The number of hydrogen-bond acceptors (Lipinski definition) is 4. The molecule has 0 aliphatic heterocycles. The fourth-order valence-electron chi connectivity index (χ4n) is 3.00. The van der Waals surface area contributed by atoms with E-state index < -0.39 is 11.7 Å². The van der Waals surface area contributed by atoms with E-state index in [9.17, 15) is 18.4 Å². The molecule has 0 fully saturated rings. The highest BCUT2D eigenvalue weighted by molar-refractivity contribution is 6.11. The second-order valence-electron chi connectivity index (χ2n) is 6.51. The molecule has 0 aliphatic carbocycles. The summed E-state index contributed by atoms with van der Waals surface area (Å²) in [5.41, 5.74) is 0.572. The molecule has 2 aromatic rings. The number of hydrogen-bond donors (Lipinski definition) is 0. The first kappa shape index (κ1) is 23.6. The molecular weight excluding hydrogens is 393 g/mol. The van der Waals surface area contributed by atoms with Gasteiger partial charge in [-0.1, -0.05) is 42.5 Å². The van der Waals surface area contributed by atoms with E-state index in [1.165, 1.54) is 12.1 Å². The van der Waals surface area contributed by atoms with Crippen molar-refractivity contribution in [2.75, 3.05) is 13.2 Å². The maximum absolute atomic E-state index is 12.8. The Bertz CT molecular complexity index is 837. The number of nitriles is 1. The molecule has 0 heterocycles. The van der Waals surface area contributed by atoms with Crippen LogP contribution in [0.25, 0.3) is 0 Å². The van der Waals surface area contributed by atoms with Crippen molar-refractivity contribution in [1.82, 2.24) is 0 Å². The first-order chi connectivity index (χ1) is 14.4. The molecule has 0 unspecified atom stereocenters. The highest BCUT2D eigenvalue weighted by Crippen LogP contribution is 2.30. The van der Waals surface area contributed by atoms with Crippen molar-refractivity contribution in [3.8, 4) is 6.07 Å². The minimum Gasteiger partial charge on any atom is -0.353 e. The zero-order valence-corrected chi connectivity index (χ0v) is 17.0. The van der Waals surface area contributed by atoms with Gasteiger partial charge in [0.15, 0.2) is 6.29 Å². The van der Waals surface area contributed by atoms with Crippen LogP contribution in [0.2, 0.25) is 0 Å². The van der Waals surface area contributed by atoms with Gasteiger partial charge in [-0.2, -0.15) is 18.4 Å². The highest BCUT2D eigenvalue weighted by Gasteiger charge is 2.30. The summed E-state index contributed by atoms with van der Waals surface area (Å²) >= 11 is 0. The smallest absolute Gasteiger partial charge is 0.353 e. The third kappa shape index (κ3) is 6.97. The third-order valence-corrected chi connectivity index (χ3v) is 4.44. The number of halogens is 3. The summed E-state index contributed by atoms with van der Waals surface area (Å²) in [5, 5.41) is 9.60. The zero-order valence-electron chi connectivity index (χ0n) is 17.0. The molecule has 30 heavy (non-hydrogen) atoms. The van der Waals surface area contributed by atoms with Crippen LogP contribution in [0.5, 0.6) is 0 Å². The lowest BCUT2D eigenvalue weighted by atomic mass is 10.0. The van der Waals surface area contributed by atoms with Crippen LogP contribution in [0.1, 0.15) is 49.4 Å². The zero-order chi connectivity index (χ0) is 22.0. The second-order valence-corrected chi connectivity index (χ2v) is 6.51. The molecule has 0 aromatic heterocycles. The molecule has 0 bridgehead atoms. The standard InChI is InChI=1S/C23H25F3N2O2/c1-3-29-22(30-4-2)15-14-20(17-8-6-5-7-9-17)28-21(16-27)18-10-12-19(13-11-18)23(24,25)26/h5-13,20,22H,3-4,14-15H2,1-2H3/t20-/m1/s1. The highest BCUT2D eigenvalue weighted by atomic mass is 19.4. The average molecular weight is 418 g/mol. The maximum atomic E-state index is 12.8. The first-order valence-electron chi connectivity index (χ1n) is 9.82. The Hall–Kier alpha value is -2.69. The topological polar surface area (TPSA) is 54.6 Å². The minimum absolute atomic E-state index is 0.0851. The van der Waals surface area contributed by atoms with Gasteiger partial charge in [0.2, 0.25) is 0 Å². The van der Waals surface area contributed by atoms with E-state index in [4.69, 9.17) is 9.47 Å². The van der Waals surface area contributed by atoms with E-state index in [1.54, 1.807) is 0 Å². The van der Waals surface area contributed by atoms with Gasteiger partial charge in [-0.15, -0.1) is 0 Å². The van der Waals surface area contributed by atoms with Gasteiger partial charge in [0.25, 0.3) is 0 Å². The van der Waals surface area contributed by atoms with Crippen molar-refractivity contribution in [2.24, 2.45) is 4.99 Å². The average Bonchev–Trinajstić information content (AvgIpc) is 2.74. The van der Waals surface area contributed by atoms with E-state index in [0.717, 1.165) is 17.7 Å². The van der Waals surface area contributed by atoms with E-state index in [2.05, 4.69) is 4.99 Å². The molecule has 0 saturated heterocycles. The molecule has 2 aromatic carbocycles. The van der Waals surface area contributed by atoms with Gasteiger partial charge in [0.1, 0.15) is 11.8 Å². The molecule has 0 radical (unpaired) electrons. The molecule has 0 amide bonds. The number of ether oxygens (including phenoxy) is 2. The van der Waals surface area contributed by atoms with Crippen LogP contribution < -0.4 is 0 Å². The lowest BCUT2D eigenvalue weighted by Crippen LogP contribution is -2.18. The van der Waals surface area contributed by atoms with Crippen LogP contribution in [-0.4, -0.2) is 25.2 Å². The summed E-state index contributed by atoms with van der Waals surface area (Å²) < 4.78 is 49.6. The quantitative estimate of drug-likeness (QED) is 0.354. The summed E-state index contributed by atoms with van der Waals surface area (Å²) in [6, 6.07) is 15.6. The van der Waals surface area contributed by atoms with Crippen molar-refractivity contribution in [3.63, 3.8) is 0 Å². The molecule has 0 saturated carbocycles. The summed E-state index contributed by atoms with van der Waals surface area (Å²) in [6.45, 7) is 4.80. The number of rotatable bonds is 10. The van der Waals surface area contributed by atoms with Crippen molar-refractivity contribution in [2.45, 2.75) is 45.2 Å². The number of benzene rings is 2. The Labute approximate surface area is 175 Å². The van der Waals surface area contributed by atoms with Crippen LogP contribution in [0.15, 0.2) is 59.6 Å². The number of alkyl halides is 3. The summed E-state index contributed by atoms with van der Waals surface area (Å²) in [6.07, 6.45) is -3.68. The molecular formula is C23H25F3N2O2. The Morgan fingerprint density at radius 3 is 2.07 bits per heavy atom. The van der Waals surface area contributed by atoms with Crippen LogP contribution in [0.4, 0.5) is 13.2 Å². The molecule has 0 N–H and O–H groups in total. The van der Waals surface area contributed by atoms with Gasteiger partial charge >= 0.3 is 6.18 Å². The lowest BCUT2D eigenvalue weighted by molar-refractivity contribution is -0.140. The van der Waals surface area contributed by atoms with E-state index in [-0.39, 0.29) is 18.0 Å². The van der Waals surface area contributed by atoms with Crippen LogP contribution >= 0.6 is 0 Å². The second kappa shape index (κ2) is 11.5. The van der Waals surface area contributed by atoms with Gasteiger partial charge in [-0.3, -0.25) is 4.99 Å². The Morgan fingerprint density at radius 2 is 1.57 bits per heavy atom. The lowest BCUT2D eigenvalue weighted by Gasteiger charge is -2.20. The molecule has 0 spiro atoms.